The maximum absolute atomic E-state index is 13.3. The predicted octanol–water partition coefficient (Wildman–Crippen LogP) is 5.74. The van der Waals surface area contributed by atoms with Gasteiger partial charge < -0.3 is 29.0 Å². The van der Waals surface area contributed by atoms with E-state index in [0.29, 0.717) is 57.4 Å². The molecule has 0 atom stereocenters. The maximum atomic E-state index is 13.3. The van der Waals surface area contributed by atoms with Crippen LogP contribution in [0.1, 0.15) is 31.2 Å². The molecule has 1 aromatic heterocycles. The zero-order chi connectivity index (χ0) is 31.6. The Morgan fingerprint density at radius 3 is 2.36 bits per heavy atom. The van der Waals surface area contributed by atoms with Gasteiger partial charge in [0.2, 0.25) is 5.91 Å². The van der Waals surface area contributed by atoms with Gasteiger partial charge in [-0.2, -0.15) is 18.2 Å². The van der Waals surface area contributed by atoms with Gasteiger partial charge in [0.1, 0.15) is 23.4 Å². The Labute approximate surface area is 245 Å². The fourth-order valence-electron chi connectivity index (χ4n) is 5.28. The molecule has 2 fully saturated rings. The lowest BCUT2D eigenvalue weighted by Gasteiger charge is -2.34. The number of aromatic nitrogens is 1. The molecule has 2 heterocycles. The summed E-state index contributed by atoms with van der Waals surface area (Å²) in [7, 11) is 0. The zero-order valence-electron chi connectivity index (χ0n) is 23.0. The van der Waals surface area contributed by atoms with E-state index >= 15 is 0 Å². The first kappa shape index (κ1) is 31.2. The second kappa shape index (κ2) is 12.4. The monoisotopic (exact) mass is 631 g/mol. The number of anilines is 2. The van der Waals surface area contributed by atoms with Crippen LogP contribution in [-0.4, -0.2) is 72.0 Å². The molecule has 0 spiro atoms. The Balaban J connectivity index is 1.05. The second-order valence-corrected chi connectivity index (χ2v) is 10.5. The molecule has 0 unspecified atom stereocenters. The molecular formula is C27H27F6N5O6. The lowest BCUT2D eigenvalue weighted by Crippen LogP contribution is -2.50. The number of nitro benzene ring substituents is 1. The van der Waals surface area contributed by atoms with Crippen LogP contribution < -0.4 is 15.0 Å². The first-order valence-electron chi connectivity index (χ1n) is 13.7. The highest BCUT2D eigenvalue weighted by molar-refractivity contribution is 5.78. The van der Waals surface area contributed by atoms with Crippen molar-refractivity contribution in [2.24, 2.45) is 0 Å². The summed E-state index contributed by atoms with van der Waals surface area (Å²) in [5, 5.41) is 14.0. The van der Waals surface area contributed by atoms with Crippen LogP contribution in [0.4, 0.5) is 43.7 Å². The molecule has 1 aliphatic heterocycles. The number of carbonyl (C=O) groups excluding carboxylic acids is 1. The highest BCUT2D eigenvalue weighted by Gasteiger charge is 2.39. The van der Waals surface area contributed by atoms with Crippen LogP contribution in [0, 0.1) is 10.1 Å². The number of hydrogen-bond donors (Lipinski definition) is 1. The van der Waals surface area contributed by atoms with Crippen molar-refractivity contribution in [1.29, 1.82) is 0 Å². The van der Waals surface area contributed by atoms with Gasteiger partial charge in [0.15, 0.2) is 5.58 Å². The Hall–Kier alpha value is -4.28. The molecule has 2 aliphatic rings. The zero-order valence-corrected chi connectivity index (χ0v) is 23.0. The maximum Gasteiger partial charge on any atom is 0.573 e. The average Bonchev–Trinajstić information content (AvgIpc) is 3.39. The van der Waals surface area contributed by atoms with Crippen LogP contribution in [0.15, 0.2) is 40.8 Å². The molecule has 2 aromatic carbocycles. The summed E-state index contributed by atoms with van der Waals surface area (Å²) in [6, 6.07) is 6.51. The summed E-state index contributed by atoms with van der Waals surface area (Å²) < 4.78 is 92.7. The van der Waals surface area contributed by atoms with Gasteiger partial charge in [0.05, 0.1) is 11.0 Å². The minimum atomic E-state index is -4.86. The van der Waals surface area contributed by atoms with Gasteiger partial charge in [-0.25, -0.2) is 0 Å². The van der Waals surface area contributed by atoms with Gasteiger partial charge in [0, 0.05) is 50.0 Å². The number of ether oxygens (including phenoxy) is 2. The Morgan fingerprint density at radius 1 is 1.02 bits per heavy atom. The molecule has 3 aromatic rings. The highest BCUT2D eigenvalue weighted by Crippen LogP contribution is 2.38. The van der Waals surface area contributed by atoms with Crippen LogP contribution in [0.25, 0.3) is 11.1 Å². The van der Waals surface area contributed by atoms with E-state index < -0.39 is 34.5 Å². The van der Waals surface area contributed by atoms with Crippen molar-refractivity contribution >= 4 is 34.4 Å². The number of nitro groups is 1. The van der Waals surface area contributed by atoms with E-state index in [1.54, 1.807) is 9.80 Å². The van der Waals surface area contributed by atoms with Crippen LogP contribution in [0.5, 0.6) is 5.75 Å². The number of nitrogens with zero attached hydrogens (tertiary/aromatic N) is 4. The van der Waals surface area contributed by atoms with Gasteiger partial charge in [-0.05, 0) is 49.9 Å². The van der Waals surface area contributed by atoms with E-state index in [-0.39, 0.29) is 41.9 Å². The van der Waals surface area contributed by atoms with Crippen molar-refractivity contribution in [3.63, 3.8) is 0 Å². The number of halogens is 6. The fraction of sp³-hybridized carbons (Fsp3) is 0.481. The summed E-state index contributed by atoms with van der Waals surface area (Å²) in [6.07, 6.45) is -7.59. The number of carbonyl (C=O) groups is 1. The third kappa shape index (κ3) is 7.62. The number of benzene rings is 2. The minimum Gasteiger partial charge on any atom is -0.423 e. The number of oxazole rings is 1. The SMILES string of the molecule is O=C(CO[C@H]1CC[C@H](Nc2ccc([N+](=O)[O-])c(C(F)(F)F)c2)CC1)N1CCN(c2nc3cc(OC(F)(F)F)ccc3o2)CC1. The Kier molecular flexibility index (Phi) is 8.76. The number of fused-ring (bicyclic) bond motifs is 1. The van der Waals surface area contributed by atoms with Crippen molar-refractivity contribution in [2.45, 2.75) is 50.4 Å². The molecule has 44 heavy (non-hydrogen) atoms. The number of piperazine rings is 1. The van der Waals surface area contributed by atoms with Gasteiger partial charge in [-0.3, -0.25) is 14.9 Å². The van der Waals surface area contributed by atoms with Crippen molar-refractivity contribution < 1.29 is 50.0 Å². The standard InChI is InChI=1S/C27H27F6N5O6/c28-26(29,30)20-13-17(3-7-22(20)38(40)41)34-16-1-4-18(5-2-16)42-15-24(39)36-9-11-37(12-10-36)25-35-21-14-19(44-27(31,32)33)6-8-23(21)43-25/h3,6-8,13-14,16,18,34H,1-2,4-5,9-12,15H2/t16-,18-. The normalized spacial score (nSPS) is 19.7. The van der Waals surface area contributed by atoms with Crippen LogP contribution in [0.2, 0.25) is 0 Å². The second-order valence-electron chi connectivity index (χ2n) is 10.5. The third-order valence-electron chi connectivity index (χ3n) is 7.47. The first-order valence-corrected chi connectivity index (χ1v) is 13.7. The molecule has 0 radical (unpaired) electrons. The highest BCUT2D eigenvalue weighted by atomic mass is 19.4. The van der Waals surface area contributed by atoms with E-state index in [0.717, 1.165) is 24.3 Å². The quantitative estimate of drug-likeness (QED) is 0.188. The summed E-state index contributed by atoms with van der Waals surface area (Å²) >= 11 is 0. The van der Waals surface area contributed by atoms with Crippen molar-refractivity contribution in [3.05, 3.63) is 52.1 Å². The summed E-state index contributed by atoms with van der Waals surface area (Å²) in [6.45, 7) is 1.36. The summed E-state index contributed by atoms with van der Waals surface area (Å²) in [5.41, 5.74) is -1.68. The van der Waals surface area contributed by atoms with E-state index in [1.165, 1.54) is 12.1 Å². The molecule has 5 rings (SSSR count). The molecule has 1 saturated heterocycles. The predicted molar refractivity (Wildman–Crippen MR) is 143 cm³/mol. The van der Waals surface area contributed by atoms with Gasteiger partial charge in [0.25, 0.3) is 11.7 Å². The van der Waals surface area contributed by atoms with Gasteiger partial charge in [-0.15, -0.1) is 13.2 Å². The van der Waals surface area contributed by atoms with Crippen molar-refractivity contribution in [3.8, 4) is 5.75 Å². The fourth-order valence-corrected chi connectivity index (χ4v) is 5.28. The van der Waals surface area contributed by atoms with E-state index in [1.807, 2.05) is 0 Å². The largest absolute Gasteiger partial charge is 0.573 e. The third-order valence-corrected chi connectivity index (χ3v) is 7.47. The minimum absolute atomic E-state index is 0.134. The van der Waals surface area contributed by atoms with Gasteiger partial charge in [-0.1, -0.05) is 0 Å². The molecular weight excluding hydrogens is 604 g/mol. The lowest BCUT2D eigenvalue weighted by molar-refractivity contribution is -0.388. The van der Waals surface area contributed by atoms with Crippen LogP contribution in [0.3, 0.4) is 0 Å². The topological polar surface area (TPSA) is 123 Å². The number of amides is 1. The first-order chi connectivity index (χ1) is 20.7. The number of nitrogens with one attached hydrogen (secondary N) is 1. The van der Waals surface area contributed by atoms with Crippen LogP contribution in [-0.2, 0) is 15.7 Å². The lowest BCUT2D eigenvalue weighted by atomic mass is 9.92. The van der Waals surface area contributed by atoms with Crippen molar-refractivity contribution in [2.75, 3.05) is 43.0 Å². The number of hydrogen-bond acceptors (Lipinski definition) is 9. The molecule has 0 bridgehead atoms. The smallest absolute Gasteiger partial charge is 0.423 e. The number of rotatable bonds is 8. The molecule has 17 heteroatoms. The van der Waals surface area contributed by atoms with Crippen molar-refractivity contribution in [1.82, 2.24) is 9.88 Å². The van der Waals surface area contributed by atoms with Gasteiger partial charge >= 0.3 is 12.5 Å². The Bertz CT molecular complexity index is 1500. The molecule has 11 nitrogen and oxygen atoms in total. The molecule has 1 saturated carbocycles. The molecule has 1 amide bonds. The molecule has 1 aliphatic carbocycles. The average molecular weight is 632 g/mol. The van der Waals surface area contributed by atoms with Crippen LogP contribution >= 0.6 is 0 Å². The van der Waals surface area contributed by atoms with E-state index in [2.05, 4.69) is 15.0 Å². The molecule has 1 N–H and O–H groups in total. The molecule has 238 valence electrons. The summed E-state index contributed by atoms with van der Waals surface area (Å²) in [5.74, 6) is -0.615. The Morgan fingerprint density at radius 2 is 1.73 bits per heavy atom. The van der Waals surface area contributed by atoms with E-state index in [4.69, 9.17) is 9.15 Å². The summed E-state index contributed by atoms with van der Waals surface area (Å²) in [4.78, 5) is 30.3. The number of alkyl halides is 6. The van der Waals surface area contributed by atoms with E-state index in [9.17, 15) is 41.3 Å².